The summed E-state index contributed by atoms with van der Waals surface area (Å²) < 4.78 is 18.0. The van der Waals surface area contributed by atoms with Gasteiger partial charge in [0.05, 0.1) is 26.8 Å². The molecule has 132 valence electrons. The Labute approximate surface area is 150 Å². The number of hydrogen-bond acceptors (Lipinski definition) is 6. The highest BCUT2D eigenvalue weighted by Crippen LogP contribution is 2.34. The van der Waals surface area contributed by atoms with E-state index in [1.54, 1.807) is 21.3 Å². The van der Waals surface area contributed by atoms with Gasteiger partial charge in [0.2, 0.25) is 0 Å². The Morgan fingerprint density at radius 2 is 1.54 bits per heavy atom. The summed E-state index contributed by atoms with van der Waals surface area (Å²) in [7, 11) is 4.85. The summed E-state index contributed by atoms with van der Waals surface area (Å²) in [6.45, 7) is 1.93. The molecule has 0 fully saturated rings. The van der Waals surface area contributed by atoms with Gasteiger partial charge in [0, 0.05) is 17.0 Å². The van der Waals surface area contributed by atoms with E-state index in [1.807, 2.05) is 47.7 Å². The first-order valence-electron chi connectivity index (χ1n) is 8.08. The van der Waals surface area contributed by atoms with Gasteiger partial charge in [-0.15, -0.1) is 10.2 Å². The van der Waals surface area contributed by atoms with Crippen LogP contribution in [0.1, 0.15) is 5.82 Å². The molecule has 0 spiro atoms. The van der Waals surface area contributed by atoms with Gasteiger partial charge in [0.15, 0.2) is 23.0 Å². The fourth-order valence-electron chi connectivity index (χ4n) is 3.06. The molecule has 0 bridgehead atoms. The van der Waals surface area contributed by atoms with Gasteiger partial charge in [-0.25, -0.2) is 4.98 Å². The molecular formula is C19H18N4O3. The van der Waals surface area contributed by atoms with Crippen molar-refractivity contribution in [1.82, 2.24) is 19.6 Å². The predicted molar refractivity (Wildman–Crippen MR) is 98.1 cm³/mol. The molecule has 26 heavy (non-hydrogen) atoms. The van der Waals surface area contributed by atoms with Crippen LogP contribution < -0.4 is 14.2 Å². The van der Waals surface area contributed by atoms with Gasteiger partial charge in [0.25, 0.3) is 0 Å². The van der Waals surface area contributed by atoms with E-state index >= 15 is 0 Å². The standard InChI is InChI=1S/C19H18N4O3/c1-11-20-15-10-17(26-4)16(25-3)9-14(15)19-22-21-18(23(11)19)12-5-7-13(24-2)8-6-12/h5-10H,1-4H3. The van der Waals surface area contributed by atoms with Crippen molar-refractivity contribution >= 4 is 16.6 Å². The summed E-state index contributed by atoms with van der Waals surface area (Å²) >= 11 is 0. The summed E-state index contributed by atoms with van der Waals surface area (Å²) in [4.78, 5) is 4.70. The molecule has 2 aromatic heterocycles. The largest absolute Gasteiger partial charge is 0.497 e. The molecule has 4 rings (SSSR count). The molecule has 2 heterocycles. The van der Waals surface area contributed by atoms with E-state index in [4.69, 9.17) is 19.2 Å². The monoisotopic (exact) mass is 350 g/mol. The summed E-state index contributed by atoms with van der Waals surface area (Å²) in [5.41, 5.74) is 2.43. The zero-order chi connectivity index (χ0) is 18.3. The Hall–Kier alpha value is -3.35. The molecule has 7 nitrogen and oxygen atoms in total. The third-order valence-corrected chi connectivity index (χ3v) is 4.36. The van der Waals surface area contributed by atoms with Crippen LogP contribution in [-0.4, -0.2) is 40.9 Å². The topological polar surface area (TPSA) is 70.8 Å². The molecule has 0 atom stereocenters. The number of fused-ring (bicyclic) bond motifs is 3. The van der Waals surface area contributed by atoms with Crippen molar-refractivity contribution in [2.45, 2.75) is 6.92 Å². The van der Waals surface area contributed by atoms with E-state index in [2.05, 4.69) is 10.2 Å². The maximum atomic E-state index is 5.42. The Morgan fingerprint density at radius 3 is 2.19 bits per heavy atom. The van der Waals surface area contributed by atoms with Crippen molar-refractivity contribution in [3.63, 3.8) is 0 Å². The minimum absolute atomic E-state index is 0.626. The molecule has 0 saturated heterocycles. The van der Waals surface area contributed by atoms with Gasteiger partial charge >= 0.3 is 0 Å². The van der Waals surface area contributed by atoms with Crippen molar-refractivity contribution < 1.29 is 14.2 Å². The first kappa shape index (κ1) is 16.1. The van der Waals surface area contributed by atoms with Crippen LogP contribution in [0, 0.1) is 6.92 Å². The normalized spacial score (nSPS) is 11.1. The third-order valence-electron chi connectivity index (χ3n) is 4.36. The molecule has 0 aliphatic rings. The maximum absolute atomic E-state index is 5.42. The number of nitrogens with zero attached hydrogens (tertiary/aromatic N) is 4. The highest BCUT2D eigenvalue weighted by Gasteiger charge is 2.17. The van der Waals surface area contributed by atoms with E-state index in [0.717, 1.165) is 39.5 Å². The number of rotatable bonds is 4. The average molecular weight is 350 g/mol. The van der Waals surface area contributed by atoms with Crippen LogP contribution in [0.2, 0.25) is 0 Å². The Balaban J connectivity index is 1.99. The second kappa shape index (κ2) is 6.18. The molecule has 0 amide bonds. The Bertz CT molecular complexity index is 1100. The van der Waals surface area contributed by atoms with Crippen molar-refractivity contribution in [2.75, 3.05) is 21.3 Å². The number of aryl methyl sites for hydroxylation is 1. The van der Waals surface area contributed by atoms with E-state index in [-0.39, 0.29) is 0 Å². The zero-order valence-corrected chi connectivity index (χ0v) is 15.0. The van der Waals surface area contributed by atoms with Crippen molar-refractivity contribution in [2.24, 2.45) is 0 Å². The van der Waals surface area contributed by atoms with Crippen LogP contribution in [0.25, 0.3) is 27.9 Å². The minimum Gasteiger partial charge on any atom is -0.497 e. The number of aromatic nitrogens is 4. The van der Waals surface area contributed by atoms with Crippen LogP contribution in [0.5, 0.6) is 17.2 Å². The van der Waals surface area contributed by atoms with Crippen LogP contribution in [0.15, 0.2) is 36.4 Å². The first-order valence-corrected chi connectivity index (χ1v) is 8.08. The summed E-state index contributed by atoms with van der Waals surface area (Å²) in [5, 5.41) is 9.64. The van der Waals surface area contributed by atoms with Gasteiger partial charge in [-0.1, -0.05) is 0 Å². The molecular weight excluding hydrogens is 332 g/mol. The molecule has 0 aliphatic heterocycles. The predicted octanol–water partition coefficient (Wildman–Crippen LogP) is 3.28. The number of methoxy groups -OCH3 is 3. The SMILES string of the molecule is COc1ccc(-c2nnc3c4cc(OC)c(OC)cc4nc(C)n23)cc1. The van der Waals surface area contributed by atoms with E-state index in [0.29, 0.717) is 11.5 Å². The second-order valence-electron chi connectivity index (χ2n) is 5.79. The summed E-state index contributed by atoms with van der Waals surface area (Å²) in [5.74, 6) is 3.56. The highest BCUT2D eigenvalue weighted by molar-refractivity contribution is 5.94. The maximum Gasteiger partial charge on any atom is 0.172 e. The Morgan fingerprint density at radius 1 is 0.846 bits per heavy atom. The first-order chi connectivity index (χ1) is 12.7. The lowest BCUT2D eigenvalue weighted by atomic mass is 10.2. The van der Waals surface area contributed by atoms with Gasteiger partial charge in [-0.2, -0.15) is 0 Å². The molecule has 0 unspecified atom stereocenters. The van der Waals surface area contributed by atoms with Crippen LogP contribution in [0.3, 0.4) is 0 Å². The summed E-state index contributed by atoms with van der Waals surface area (Å²) in [6.07, 6.45) is 0. The van der Waals surface area contributed by atoms with Gasteiger partial charge in [0.1, 0.15) is 11.6 Å². The van der Waals surface area contributed by atoms with E-state index in [9.17, 15) is 0 Å². The molecule has 0 N–H and O–H groups in total. The van der Waals surface area contributed by atoms with Crippen LogP contribution in [-0.2, 0) is 0 Å². The number of benzene rings is 2. The van der Waals surface area contributed by atoms with Crippen LogP contribution in [0.4, 0.5) is 0 Å². The van der Waals surface area contributed by atoms with E-state index < -0.39 is 0 Å². The average Bonchev–Trinajstić information content (AvgIpc) is 3.13. The lowest BCUT2D eigenvalue weighted by molar-refractivity contribution is 0.356. The van der Waals surface area contributed by atoms with Crippen LogP contribution >= 0.6 is 0 Å². The van der Waals surface area contributed by atoms with Crippen molar-refractivity contribution in [1.29, 1.82) is 0 Å². The zero-order valence-electron chi connectivity index (χ0n) is 15.0. The minimum atomic E-state index is 0.626. The quantitative estimate of drug-likeness (QED) is 0.562. The third kappa shape index (κ3) is 2.40. The molecule has 2 aromatic carbocycles. The van der Waals surface area contributed by atoms with Gasteiger partial charge < -0.3 is 14.2 Å². The molecule has 7 heteroatoms. The molecule has 0 radical (unpaired) electrons. The van der Waals surface area contributed by atoms with Crippen molar-refractivity contribution in [3.05, 3.63) is 42.2 Å². The fraction of sp³-hybridized carbons (Fsp3) is 0.211. The van der Waals surface area contributed by atoms with Crippen molar-refractivity contribution in [3.8, 4) is 28.6 Å². The molecule has 4 aromatic rings. The lowest BCUT2D eigenvalue weighted by Gasteiger charge is -2.11. The second-order valence-corrected chi connectivity index (χ2v) is 5.79. The van der Waals surface area contributed by atoms with E-state index in [1.165, 1.54) is 0 Å². The molecule has 0 saturated carbocycles. The highest BCUT2D eigenvalue weighted by atomic mass is 16.5. The smallest absolute Gasteiger partial charge is 0.172 e. The van der Waals surface area contributed by atoms with Gasteiger partial charge in [-0.3, -0.25) is 4.40 Å². The number of hydrogen-bond donors (Lipinski definition) is 0. The number of ether oxygens (including phenoxy) is 3. The molecule has 0 aliphatic carbocycles. The fourth-order valence-corrected chi connectivity index (χ4v) is 3.06. The lowest BCUT2D eigenvalue weighted by Crippen LogP contribution is -2.00. The summed E-state index contributed by atoms with van der Waals surface area (Å²) in [6, 6.07) is 11.4. The van der Waals surface area contributed by atoms with Gasteiger partial charge in [-0.05, 0) is 37.3 Å². The Kier molecular flexibility index (Phi) is 3.84.